The number of nitrogens with one attached hydrogen (secondary N) is 1. The van der Waals surface area contributed by atoms with Crippen molar-refractivity contribution >= 4 is 37.8 Å². The predicted octanol–water partition coefficient (Wildman–Crippen LogP) is 0.991. The van der Waals surface area contributed by atoms with E-state index in [9.17, 15) is 18.0 Å². The van der Waals surface area contributed by atoms with Crippen molar-refractivity contribution in [1.82, 2.24) is 9.62 Å². The highest BCUT2D eigenvalue weighted by Gasteiger charge is 2.23. The average molecular weight is 393 g/mol. The number of carbonyl (C=O) groups excluding carboxylic acids is 2. The van der Waals surface area contributed by atoms with Crippen LogP contribution in [0.4, 0.5) is 0 Å². The van der Waals surface area contributed by atoms with Crippen molar-refractivity contribution in [3.8, 4) is 0 Å². The number of carbonyl (C=O) groups is 2. The number of likely N-dealkylation sites (N-methyl/N-ethyl adjacent to an activating group) is 1. The van der Waals surface area contributed by atoms with Gasteiger partial charge in [0, 0.05) is 18.6 Å². The quantitative estimate of drug-likeness (QED) is 0.754. The minimum Gasteiger partial charge on any atom is -0.449 e. The van der Waals surface area contributed by atoms with Gasteiger partial charge in [-0.3, -0.25) is 4.79 Å². The molecule has 0 fully saturated rings. The summed E-state index contributed by atoms with van der Waals surface area (Å²) >= 11 is 3.16. The van der Waals surface area contributed by atoms with Crippen LogP contribution in [-0.4, -0.2) is 52.4 Å². The molecule has 0 bridgehead atoms. The fraction of sp³-hybridized carbons (Fsp3) is 0.385. The highest BCUT2D eigenvalue weighted by Crippen LogP contribution is 2.22. The standard InChI is InChI=1S/C13H17BrN2O5S/c1-8(12(17)16(3)4)21-13(18)10-7-9(5-6-11(10)14)22(19,20)15-2/h5-8,15H,1-4H3/t8-/m1/s1. The summed E-state index contributed by atoms with van der Waals surface area (Å²) in [5.41, 5.74) is 0.0229. The molecule has 0 aliphatic heterocycles. The highest BCUT2D eigenvalue weighted by molar-refractivity contribution is 9.10. The summed E-state index contributed by atoms with van der Waals surface area (Å²) in [5.74, 6) is -1.16. The van der Waals surface area contributed by atoms with Crippen molar-refractivity contribution in [2.45, 2.75) is 17.9 Å². The van der Waals surface area contributed by atoms with Gasteiger partial charge in [0.25, 0.3) is 5.91 Å². The van der Waals surface area contributed by atoms with Crippen molar-refractivity contribution in [2.75, 3.05) is 21.1 Å². The summed E-state index contributed by atoms with van der Waals surface area (Å²) < 4.78 is 31.1. The molecule has 9 heteroatoms. The van der Waals surface area contributed by atoms with E-state index in [0.29, 0.717) is 4.47 Å². The number of rotatable bonds is 5. The number of sulfonamides is 1. The topological polar surface area (TPSA) is 92.8 Å². The monoisotopic (exact) mass is 392 g/mol. The molecule has 0 saturated heterocycles. The lowest BCUT2D eigenvalue weighted by Gasteiger charge is -2.17. The maximum Gasteiger partial charge on any atom is 0.340 e. The van der Waals surface area contributed by atoms with E-state index in [1.165, 1.54) is 37.1 Å². The fourth-order valence-electron chi connectivity index (χ4n) is 1.58. The first kappa shape index (κ1) is 18.6. The molecule has 122 valence electrons. The molecule has 0 heterocycles. The number of hydrogen-bond donors (Lipinski definition) is 1. The molecule has 0 aliphatic rings. The molecule has 1 N–H and O–H groups in total. The molecule has 7 nitrogen and oxygen atoms in total. The molecule has 22 heavy (non-hydrogen) atoms. The molecule has 1 aromatic carbocycles. The summed E-state index contributed by atoms with van der Waals surface area (Å²) in [5, 5.41) is 0. The molecule has 1 atom stereocenters. The first-order valence-electron chi connectivity index (χ1n) is 6.25. The van der Waals surface area contributed by atoms with Gasteiger partial charge in [0.15, 0.2) is 6.10 Å². The van der Waals surface area contributed by atoms with Crippen molar-refractivity contribution < 1.29 is 22.7 Å². The zero-order valence-corrected chi connectivity index (χ0v) is 15.0. The van der Waals surface area contributed by atoms with Gasteiger partial charge in [-0.15, -0.1) is 0 Å². The van der Waals surface area contributed by atoms with Gasteiger partial charge in [-0.2, -0.15) is 0 Å². The Morgan fingerprint density at radius 1 is 1.32 bits per heavy atom. The molecule has 0 aromatic heterocycles. The Morgan fingerprint density at radius 2 is 1.91 bits per heavy atom. The predicted molar refractivity (Wildman–Crippen MR) is 84.0 cm³/mol. The highest BCUT2D eigenvalue weighted by atomic mass is 79.9. The lowest BCUT2D eigenvalue weighted by molar-refractivity contribution is -0.137. The molecule has 1 aromatic rings. The molecule has 1 amide bonds. The third-order valence-corrected chi connectivity index (χ3v) is 4.91. The molecule has 1 rings (SSSR count). The maximum atomic E-state index is 12.1. The Hall–Kier alpha value is -1.45. The van der Waals surface area contributed by atoms with E-state index in [4.69, 9.17) is 4.74 Å². The van der Waals surface area contributed by atoms with E-state index in [1.54, 1.807) is 14.1 Å². The van der Waals surface area contributed by atoms with Gasteiger partial charge in [-0.1, -0.05) is 0 Å². The van der Waals surface area contributed by atoms with Crippen LogP contribution >= 0.6 is 15.9 Å². The molecule has 0 unspecified atom stereocenters. The fourth-order valence-corrected chi connectivity index (χ4v) is 2.75. The van der Waals surface area contributed by atoms with Gasteiger partial charge in [0.2, 0.25) is 10.0 Å². The van der Waals surface area contributed by atoms with Gasteiger partial charge in [0.05, 0.1) is 10.5 Å². The second-order valence-corrected chi connectivity index (χ2v) is 7.37. The third kappa shape index (κ3) is 4.28. The van der Waals surface area contributed by atoms with Crippen LogP contribution in [0.5, 0.6) is 0 Å². The maximum absolute atomic E-state index is 12.1. The van der Waals surface area contributed by atoms with Crippen LogP contribution in [0.2, 0.25) is 0 Å². The van der Waals surface area contributed by atoms with E-state index in [-0.39, 0.29) is 16.4 Å². The van der Waals surface area contributed by atoms with Crippen molar-refractivity contribution in [1.29, 1.82) is 0 Å². The van der Waals surface area contributed by atoms with Crippen molar-refractivity contribution in [3.05, 3.63) is 28.2 Å². The lowest BCUT2D eigenvalue weighted by Crippen LogP contribution is -2.35. The van der Waals surface area contributed by atoms with Gasteiger partial charge in [0.1, 0.15) is 0 Å². The van der Waals surface area contributed by atoms with Gasteiger partial charge in [-0.25, -0.2) is 17.9 Å². The Bertz CT molecular complexity index is 688. The second-order valence-electron chi connectivity index (χ2n) is 4.63. The number of nitrogens with zero attached hydrogens (tertiary/aromatic N) is 1. The zero-order chi connectivity index (χ0) is 17.1. The Morgan fingerprint density at radius 3 is 2.41 bits per heavy atom. The van der Waals surface area contributed by atoms with E-state index in [0.717, 1.165) is 0 Å². The van der Waals surface area contributed by atoms with Crippen LogP contribution in [0.15, 0.2) is 27.6 Å². The Balaban J connectivity index is 3.09. The van der Waals surface area contributed by atoms with Crippen LogP contribution in [0, 0.1) is 0 Å². The van der Waals surface area contributed by atoms with Gasteiger partial charge >= 0.3 is 5.97 Å². The smallest absolute Gasteiger partial charge is 0.340 e. The van der Waals surface area contributed by atoms with Crippen molar-refractivity contribution in [3.63, 3.8) is 0 Å². The first-order valence-corrected chi connectivity index (χ1v) is 8.53. The van der Waals surface area contributed by atoms with E-state index in [1.807, 2.05) is 0 Å². The minimum absolute atomic E-state index is 0.0229. The molecular weight excluding hydrogens is 376 g/mol. The van der Waals surface area contributed by atoms with Gasteiger partial charge < -0.3 is 9.64 Å². The number of esters is 1. The van der Waals surface area contributed by atoms with Crippen LogP contribution in [-0.2, 0) is 19.6 Å². The summed E-state index contributed by atoms with van der Waals surface area (Å²) in [6.45, 7) is 1.45. The number of hydrogen-bond acceptors (Lipinski definition) is 5. The summed E-state index contributed by atoms with van der Waals surface area (Å²) in [7, 11) is 0.677. The van der Waals surface area contributed by atoms with Crippen molar-refractivity contribution in [2.24, 2.45) is 0 Å². The van der Waals surface area contributed by atoms with Crippen LogP contribution < -0.4 is 4.72 Å². The Kier molecular flexibility index (Phi) is 6.09. The average Bonchev–Trinajstić information content (AvgIpc) is 2.46. The molecular formula is C13H17BrN2O5S. The Labute approximate surface area is 137 Å². The third-order valence-electron chi connectivity index (χ3n) is 2.81. The summed E-state index contributed by atoms with van der Waals surface area (Å²) in [4.78, 5) is 25.1. The van der Waals surface area contributed by atoms with E-state index < -0.39 is 22.1 Å². The minimum atomic E-state index is -3.68. The van der Waals surface area contributed by atoms with Crippen LogP contribution in [0.3, 0.4) is 0 Å². The number of ether oxygens (including phenoxy) is 1. The normalized spacial score (nSPS) is 12.6. The molecule has 0 saturated carbocycles. The lowest BCUT2D eigenvalue weighted by atomic mass is 10.2. The molecule has 0 aliphatic carbocycles. The number of benzene rings is 1. The second kappa shape index (κ2) is 7.21. The number of halogens is 1. The van der Waals surface area contributed by atoms with E-state index >= 15 is 0 Å². The SMILES string of the molecule is CNS(=O)(=O)c1ccc(Br)c(C(=O)O[C@H](C)C(=O)N(C)C)c1. The van der Waals surface area contributed by atoms with E-state index in [2.05, 4.69) is 20.7 Å². The van der Waals surface area contributed by atoms with Crippen LogP contribution in [0.1, 0.15) is 17.3 Å². The first-order chi connectivity index (χ1) is 10.1. The number of amides is 1. The molecule has 0 spiro atoms. The largest absolute Gasteiger partial charge is 0.449 e. The van der Waals surface area contributed by atoms with Crippen LogP contribution in [0.25, 0.3) is 0 Å². The zero-order valence-electron chi connectivity index (χ0n) is 12.6. The summed E-state index contributed by atoms with van der Waals surface area (Å²) in [6.07, 6.45) is -0.973. The summed E-state index contributed by atoms with van der Waals surface area (Å²) in [6, 6.07) is 3.96. The molecule has 0 radical (unpaired) electrons. The van der Waals surface area contributed by atoms with Gasteiger partial charge in [-0.05, 0) is 48.1 Å².